The van der Waals surface area contributed by atoms with Crippen LogP contribution < -0.4 is 24.8 Å². The Morgan fingerprint density at radius 3 is 1.12 bits per heavy atom. The van der Waals surface area contributed by atoms with Gasteiger partial charge in [-0.15, -0.1) is 0 Å². The van der Waals surface area contributed by atoms with Gasteiger partial charge in [0, 0.05) is 141 Å². The molecular formula is C14H18Cl2K2N2O4Pt. The fourth-order valence-electron chi connectivity index (χ4n) is 1.49. The molecule has 0 aliphatic carbocycles. The third kappa shape index (κ3) is 22.2. The Morgan fingerprint density at radius 2 is 0.920 bits per heavy atom. The van der Waals surface area contributed by atoms with E-state index in [0.717, 1.165) is 0 Å². The first-order valence-electron chi connectivity index (χ1n) is 6.23. The van der Waals surface area contributed by atoms with Gasteiger partial charge in [-0.25, -0.2) is 0 Å². The Kier molecular flexibility index (Phi) is 36.4. The van der Waals surface area contributed by atoms with Gasteiger partial charge in [-0.05, 0) is 24.3 Å². The van der Waals surface area contributed by atoms with Crippen molar-refractivity contribution >= 4 is 115 Å². The molecule has 2 aromatic rings. The van der Waals surface area contributed by atoms with Crippen LogP contribution in [0.15, 0.2) is 49.1 Å². The van der Waals surface area contributed by atoms with Crippen LogP contribution in [-0.4, -0.2) is 134 Å². The van der Waals surface area contributed by atoms with E-state index in [0.29, 0.717) is 13.1 Å². The van der Waals surface area contributed by atoms with Crippen LogP contribution in [0, 0.1) is 0 Å². The Hall–Kier alpha value is 2.04. The predicted molar refractivity (Wildman–Crippen MR) is 84.9 cm³/mol. The van der Waals surface area contributed by atoms with E-state index in [1.165, 1.54) is 0 Å². The van der Waals surface area contributed by atoms with E-state index in [1.807, 2.05) is 58.2 Å². The van der Waals surface area contributed by atoms with Crippen LogP contribution in [0.5, 0.6) is 0 Å². The summed E-state index contributed by atoms with van der Waals surface area (Å²) in [5.74, 6) is -1.51. The van der Waals surface area contributed by atoms with Gasteiger partial charge >= 0.3 is 33.0 Å². The molecule has 0 amide bonds. The summed E-state index contributed by atoms with van der Waals surface area (Å²) in [4.78, 5) is 20.2. The number of nitrogens with zero attached hydrogens (tertiary/aromatic N) is 2. The van der Waals surface area contributed by atoms with Crippen molar-refractivity contribution in [1.82, 2.24) is 9.13 Å². The largest absolute Gasteiger partial charge is 2.00 e. The smallest absolute Gasteiger partial charge is 1.00 e. The number of rotatable bonds is 6. The van der Waals surface area contributed by atoms with E-state index in [-0.39, 0.29) is 161 Å². The summed E-state index contributed by atoms with van der Waals surface area (Å²) in [6, 6.07) is 7.51. The Bertz CT molecular complexity index is 481. The van der Waals surface area contributed by atoms with Crippen molar-refractivity contribution in [2.45, 2.75) is 25.9 Å². The molecule has 0 bridgehead atoms. The molecule has 0 aromatic carbocycles. The molecule has 11 heteroatoms. The Labute approximate surface area is 259 Å². The van der Waals surface area contributed by atoms with Gasteiger partial charge in [0.05, 0.1) is 12.8 Å². The minimum Gasteiger partial charge on any atom is -1.00 e. The molecule has 0 saturated heterocycles. The quantitative estimate of drug-likeness (QED) is 0.317. The molecule has 0 aliphatic rings. The molecule has 2 heterocycles. The summed E-state index contributed by atoms with van der Waals surface area (Å²) in [6.45, 7) is 1.12. The standard InChI is InChI=1S/2C7H9NO2.2ClH.2K.Pt/c2*9-7(10)3-6-8-4-1-2-5-8;;;;;/h2*1-2,4-5H,3,6H2,(H,9,10);2*1H;;;/q;;;;;;+2/p-2. The third-order valence-electron chi connectivity index (χ3n) is 2.50. The van der Waals surface area contributed by atoms with Crippen LogP contribution in [0.25, 0.3) is 0 Å². The second kappa shape index (κ2) is 24.1. The van der Waals surface area contributed by atoms with Gasteiger partial charge in [-0.1, -0.05) is 0 Å². The van der Waals surface area contributed by atoms with Crippen molar-refractivity contribution in [2.75, 3.05) is 0 Å². The van der Waals surface area contributed by atoms with Gasteiger partial charge in [0.1, 0.15) is 0 Å². The molecule has 25 heavy (non-hydrogen) atoms. The summed E-state index contributed by atoms with van der Waals surface area (Å²) < 4.78 is 3.68. The molecule has 0 aliphatic heterocycles. The first-order valence-corrected chi connectivity index (χ1v) is 6.23. The predicted octanol–water partition coefficient (Wildman–Crippen LogP) is -4.83. The molecule has 0 fully saturated rings. The molecule has 0 saturated carbocycles. The van der Waals surface area contributed by atoms with E-state index < -0.39 is 11.9 Å². The van der Waals surface area contributed by atoms with Crippen LogP contribution in [0.1, 0.15) is 12.8 Å². The van der Waals surface area contributed by atoms with Gasteiger partial charge < -0.3 is 44.2 Å². The van der Waals surface area contributed by atoms with Gasteiger partial charge in [0.25, 0.3) is 0 Å². The summed E-state index contributed by atoms with van der Waals surface area (Å²) in [6.07, 6.45) is 7.78. The number of hydrogen-bond donors (Lipinski definition) is 2. The number of aliphatic carboxylic acids is 2. The zero-order valence-corrected chi connectivity index (χ0v) is 24.2. The number of halogens is 2. The van der Waals surface area contributed by atoms with Crippen LogP contribution in [0.4, 0.5) is 0 Å². The van der Waals surface area contributed by atoms with Gasteiger partial charge in [-0.2, -0.15) is 0 Å². The molecule has 2 radical (unpaired) electrons. The maximum Gasteiger partial charge on any atom is 2.00 e. The van der Waals surface area contributed by atoms with Crippen molar-refractivity contribution in [3.8, 4) is 0 Å². The van der Waals surface area contributed by atoms with Crippen LogP contribution in [0.3, 0.4) is 0 Å². The van der Waals surface area contributed by atoms with Crippen molar-refractivity contribution in [1.29, 1.82) is 0 Å². The van der Waals surface area contributed by atoms with E-state index in [9.17, 15) is 9.59 Å². The molecule has 0 atom stereocenters. The second-order valence-electron chi connectivity index (χ2n) is 4.13. The SMILES string of the molecule is O=C(O)CCn1cccc1.O=C(O)CCn1cccc1.[Cl-].[Cl-].[K].[K].[Pt+2]. The normalized spacial score (nSPS) is 7.68. The number of aromatic nitrogens is 2. The van der Waals surface area contributed by atoms with Crippen molar-refractivity contribution in [3.05, 3.63) is 49.1 Å². The third-order valence-corrected chi connectivity index (χ3v) is 2.50. The van der Waals surface area contributed by atoms with Crippen LogP contribution in [-0.2, 0) is 43.7 Å². The van der Waals surface area contributed by atoms with E-state index in [2.05, 4.69) is 0 Å². The average Bonchev–Trinajstić information content (AvgIpc) is 3.08. The number of carbonyl (C=O) groups is 2. The number of hydrogen-bond acceptors (Lipinski definition) is 2. The zero-order chi connectivity index (χ0) is 14.8. The topological polar surface area (TPSA) is 84.5 Å². The number of carboxylic acids is 2. The molecule has 0 spiro atoms. The molecular weight excluding hydrogens is 604 g/mol. The minimum atomic E-state index is -0.756. The number of aryl methyl sites for hydroxylation is 2. The van der Waals surface area contributed by atoms with Gasteiger partial charge in [0.2, 0.25) is 0 Å². The molecule has 2 aromatic heterocycles. The minimum absolute atomic E-state index is 0. The molecule has 6 nitrogen and oxygen atoms in total. The average molecular weight is 622 g/mol. The summed E-state index contributed by atoms with van der Waals surface area (Å²) in [5.41, 5.74) is 0. The molecule has 2 N–H and O–H groups in total. The van der Waals surface area contributed by atoms with Gasteiger partial charge in [0.15, 0.2) is 0 Å². The first-order chi connectivity index (χ1) is 9.58. The van der Waals surface area contributed by atoms with E-state index in [4.69, 9.17) is 10.2 Å². The fourth-order valence-corrected chi connectivity index (χ4v) is 1.49. The monoisotopic (exact) mass is 621 g/mol. The molecule has 134 valence electrons. The van der Waals surface area contributed by atoms with Crippen molar-refractivity contribution in [3.63, 3.8) is 0 Å². The molecule has 0 unspecified atom stereocenters. The van der Waals surface area contributed by atoms with Crippen LogP contribution >= 0.6 is 0 Å². The molecule has 2 rings (SSSR count). The summed E-state index contributed by atoms with van der Waals surface area (Å²) in [7, 11) is 0. The van der Waals surface area contributed by atoms with Crippen LogP contribution in [0.2, 0.25) is 0 Å². The fraction of sp³-hybridized carbons (Fsp3) is 0.286. The van der Waals surface area contributed by atoms with Crippen molar-refractivity contribution < 1.29 is 65.7 Å². The zero-order valence-electron chi connectivity index (χ0n) is 14.1. The summed E-state index contributed by atoms with van der Waals surface area (Å²) in [5, 5.41) is 16.6. The Balaban J connectivity index is -0.0000000889. The Morgan fingerprint density at radius 1 is 0.680 bits per heavy atom. The first kappa shape index (κ1) is 37.7. The van der Waals surface area contributed by atoms with Gasteiger partial charge in [-0.3, -0.25) is 9.59 Å². The maximum absolute atomic E-state index is 10.1. The second-order valence-corrected chi connectivity index (χ2v) is 4.13. The number of carboxylic acid groups (broad SMARTS) is 2. The maximum atomic E-state index is 10.1. The van der Waals surface area contributed by atoms with E-state index >= 15 is 0 Å². The summed E-state index contributed by atoms with van der Waals surface area (Å²) >= 11 is 0. The van der Waals surface area contributed by atoms with Crippen molar-refractivity contribution in [2.24, 2.45) is 0 Å². The van der Waals surface area contributed by atoms with E-state index in [1.54, 1.807) is 0 Å².